The average Bonchev–Trinajstić information content (AvgIpc) is 3.07. The zero-order chi connectivity index (χ0) is 15.3. The summed E-state index contributed by atoms with van der Waals surface area (Å²) in [7, 11) is -3.69. The Morgan fingerprint density at radius 1 is 1.00 bits per heavy atom. The van der Waals surface area contributed by atoms with Gasteiger partial charge >= 0.3 is 0 Å². The molecule has 0 radical (unpaired) electrons. The van der Waals surface area contributed by atoms with Gasteiger partial charge in [0, 0.05) is 23.2 Å². The van der Waals surface area contributed by atoms with Crippen molar-refractivity contribution < 1.29 is 13.2 Å². The number of hydrogen-bond donors (Lipinski definition) is 1. The Hall–Kier alpha value is -2.47. The summed E-state index contributed by atoms with van der Waals surface area (Å²) in [5.74, 6) is 0.414. The number of ketones is 1. The molecule has 0 saturated carbocycles. The van der Waals surface area contributed by atoms with Crippen LogP contribution >= 0.6 is 0 Å². The van der Waals surface area contributed by atoms with Crippen LogP contribution in [0.2, 0.25) is 0 Å². The monoisotopic (exact) mass is 312 g/mol. The summed E-state index contributed by atoms with van der Waals surface area (Å²) in [6, 6.07) is 11.2. The average molecular weight is 312 g/mol. The molecule has 2 aliphatic heterocycles. The fourth-order valence-corrected chi connectivity index (χ4v) is 4.50. The normalized spacial score (nSPS) is 18.2. The summed E-state index contributed by atoms with van der Waals surface area (Å²) >= 11 is 0. The van der Waals surface area contributed by atoms with Gasteiger partial charge in [-0.15, -0.1) is 0 Å². The molecule has 2 aromatic carbocycles. The van der Waals surface area contributed by atoms with Crippen molar-refractivity contribution in [1.82, 2.24) is 5.32 Å². The van der Waals surface area contributed by atoms with Gasteiger partial charge in [-0.1, -0.05) is 18.2 Å². The Labute approximate surface area is 127 Å². The van der Waals surface area contributed by atoms with Crippen molar-refractivity contribution in [3.05, 3.63) is 59.2 Å². The van der Waals surface area contributed by atoms with Gasteiger partial charge in [0.25, 0.3) is 0 Å². The molecule has 0 amide bonds. The van der Waals surface area contributed by atoms with Crippen LogP contribution in [0.4, 0.5) is 0 Å². The minimum absolute atomic E-state index is 0.0603. The second kappa shape index (κ2) is 4.51. The molecule has 1 N–H and O–H groups in total. The number of aliphatic imine (C=N–C) groups is 1. The lowest BCUT2D eigenvalue weighted by Crippen LogP contribution is -2.23. The van der Waals surface area contributed by atoms with Crippen LogP contribution in [0.1, 0.15) is 21.5 Å². The molecule has 110 valence electrons. The van der Waals surface area contributed by atoms with E-state index in [9.17, 15) is 13.2 Å². The highest BCUT2D eigenvalue weighted by atomic mass is 32.2. The topological polar surface area (TPSA) is 75.6 Å². The molecule has 22 heavy (non-hydrogen) atoms. The fourth-order valence-electron chi connectivity index (χ4n) is 2.82. The Kier molecular flexibility index (Phi) is 2.71. The highest BCUT2D eigenvalue weighted by Gasteiger charge is 2.34. The first kappa shape index (κ1) is 13.2. The Morgan fingerprint density at radius 2 is 1.77 bits per heavy atom. The molecule has 2 heterocycles. The van der Waals surface area contributed by atoms with Crippen LogP contribution in [0.25, 0.3) is 0 Å². The van der Waals surface area contributed by atoms with Crippen LogP contribution in [0.5, 0.6) is 0 Å². The molecular weight excluding hydrogens is 300 g/mol. The molecule has 0 aromatic heterocycles. The number of sulfone groups is 1. The number of carbonyl (C=O) groups is 1. The molecule has 4 rings (SSSR count). The Balaban J connectivity index is 1.97. The predicted molar refractivity (Wildman–Crippen MR) is 81.2 cm³/mol. The van der Waals surface area contributed by atoms with Gasteiger partial charge in [0.05, 0.1) is 16.3 Å². The third-order valence-corrected chi connectivity index (χ3v) is 5.74. The minimum atomic E-state index is -3.69. The highest BCUT2D eigenvalue weighted by Crippen LogP contribution is 2.34. The number of fused-ring (bicyclic) bond motifs is 2. The van der Waals surface area contributed by atoms with Gasteiger partial charge in [0.1, 0.15) is 5.84 Å². The zero-order valence-corrected chi connectivity index (χ0v) is 12.4. The Morgan fingerprint density at radius 3 is 2.55 bits per heavy atom. The standard InChI is InChI=1S/C16H12N2O3S/c19-15-11-3-1-2-4-13(11)22(20,21)14-9-10(5-6-12(14)15)16-17-7-8-18-16/h1-6,9H,7-8H2,(H,17,18). The summed E-state index contributed by atoms with van der Waals surface area (Å²) in [5.41, 5.74) is 1.15. The lowest BCUT2D eigenvalue weighted by Gasteiger charge is -2.19. The number of nitrogens with zero attached hydrogens (tertiary/aromatic N) is 1. The molecule has 0 bridgehead atoms. The summed E-state index contributed by atoms with van der Waals surface area (Å²) in [6.45, 7) is 1.40. The van der Waals surface area contributed by atoms with Gasteiger partial charge in [0.2, 0.25) is 9.84 Å². The lowest BCUT2D eigenvalue weighted by atomic mass is 10.0. The molecule has 0 atom stereocenters. The van der Waals surface area contributed by atoms with Crippen molar-refractivity contribution in [1.29, 1.82) is 0 Å². The first-order valence-electron chi connectivity index (χ1n) is 6.90. The second-order valence-electron chi connectivity index (χ2n) is 5.20. The van der Waals surface area contributed by atoms with E-state index in [1.165, 1.54) is 12.1 Å². The van der Waals surface area contributed by atoms with Crippen molar-refractivity contribution in [3.8, 4) is 0 Å². The smallest absolute Gasteiger partial charge is 0.208 e. The van der Waals surface area contributed by atoms with Crippen LogP contribution in [0.15, 0.2) is 57.2 Å². The largest absolute Gasteiger partial charge is 0.368 e. The molecular formula is C16H12N2O3S. The molecule has 2 aliphatic rings. The summed E-state index contributed by atoms with van der Waals surface area (Å²) < 4.78 is 25.6. The van der Waals surface area contributed by atoms with Gasteiger partial charge in [-0.05, 0) is 24.3 Å². The van der Waals surface area contributed by atoms with Crippen molar-refractivity contribution >= 4 is 21.5 Å². The van der Waals surface area contributed by atoms with E-state index >= 15 is 0 Å². The number of hydrogen-bond acceptors (Lipinski definition) is 5. The first-order chi connectivity index (χ1) is 10.6. The highest BCUT2D eigenvalue weighted by molar-refractivity contribution is 7.91. The zero-order valence-electron chi connectivity index (χ0n) is 11.5. The quantitative estimate of drug-likeness (QED) is 0.737. The minimum Gasteiger partial charge on any atom is -0.368 e. The van der Waals surface area contributed by atoms with Crippen molar-refractivity contribution in [3.63, 3.8) is 0 Å². The molecule has 0 spiro atoms. The third kappa shape index (κ3) is 1.74. The van der Waals surface area contributed by atoms with E-state index < -0.39 is 9.84 Å². The van der Waals surface area contributed by atoms with Crippen LogP contribution in [-0.4, -0.2) is 33.1 Å². The lowest BCUT2D eigenvalue weighted by molar-refractivity contribution is 0.103. The predicted octanol–water partition coefficient (Wildman–Crippen LogP) is 1.41. The maximum atomic E-state index is 12.8. The van der Waals surface area contributed by atoms with Crippen molar-refractivity contribution in [2.45, 2.75) is 9.79 Å². The summed E-state index contributed by atoms with van der Waals surface area (Å²) in [6.07, 6.45) is 0. The van der Waals surface area contributed by atoms with Crippen LogP contribution in [0.3, 0.4) is 0 Å². The second-order valence-corrected chi connectivity index (χ2v) is 7.08. The molecule has 0 unspecified atom stereocenters. The number of benzene rings is 2. The summed E-state index contributed by atoms with van der Waals surface area (Å²) in [5, 5.41) is 3.11. The van der Waals surface area contributed by atoms with Gasteiger partial charge < -0.3 is 5.32 Å². The van der Waals surface area contributed by atoms with E-state index in [1.54, 1.807) is 30.3 Å². The number of carbonyl (C=O) groups excluding carboxylic acids is 1. The molecule has 0 saturated heterocycles. The molecule has 0 aliphatic carbocycles. The van der Waals surface area contributed by atoms with E-state index in [4.69, 9.17) is 0 Å². The fraction of sp³-hybridized carbons (Fsp3) is 0.125. The maximum Gasteiger partial charge on any atom is 0.208 e. The van der Waals surface area contributed by atoms with E-state index in [2.05, 4.69) is 10.3 Å². The van der Waals surface area contributed by atoms with Gasteiger partial charge in [-0.2, -0.15) is 0 Å². The van der Waals surface area contributed by atoms with E-state index in [0.717, 1.165) is 6.54 Å². The molecule has 6 heteroatoms. The van der Waals surface area contributed by atoms with E-state index in [-0.39, 0.29) is 26.7 Å². The first-order valence-corrected chi connectivity index (χ1v) is 8.39. The van der Waals surface area contributed by atoms with E-state index in [1.807, 2.05) is 0 Å². The van der Waals surface area contributed by atoms with Crippen LogP contribution in [0, 0.1) is 0 Å². The molecule has 0 fully saturated rings. The van der Waals surface area contributed by atoms with E-state index in [0.29, 0.717) is 17.9 Å². The third-order valence-electron chi connectivity index (χ3n) is 3.88. The van der Waals surface area contributed by atoms with Gasteiger partial charge in [-0.3, -0.25) is 9.79 Å². The van der Waals surface area contributed by atoms with Crippen molar-refractivity contribution in [2.24, 2.45) is 4.99 Å². The maximum absolute atomic E-state index is 12.8. The van der Waals surface area contributed by atoms with Crippen LogP contribution in [-0.2, 0) is 9.84 Å². The number of amidine groups is 1. The number of nitrogens with one attached hydrogen (secondary N) is 1. The van der Waals surface area contributed by atoms with Crippen molar-refractivity contribution in [2.75, 3.05) is 13.1 Å². The number of rotatable bonds is 1. The SMILES string of the molecule is O=C1c2ccccc2S(=O)(=O)c2cc(C3=NCCN3)ccc21. The van der Waals surface area contributed by atoms with Gasteiger partial charge in [-0.25, -0.2) is 8.42 Å². The van der Waals surface area contributed by atoms with Crippen LogP contribution < -0.4 is 5.32 Å². The molecule has 5 nitrogen and oxygen atoms in total. The molecule has 2 aromatic rings. The summed E-state index contributed by atoms with van der Waals surface area (Å²) in [4.78, 5) is 16.9. The Bertz CT molecular complexity index is 946. The van der Waals surface area contributed by atoms with Gasteiger partial charge in [0.15, 0.2) is 5.78 Å².